The van der Waals surface area contributed by atoms with E-state index in [9.17, 15) is 9.59 Å². The van der Waals surface area contributed by atoms with E-state index >= 15 is 0 Å². The first-order chi connectivity index (χ1) is 14.5. The van der Waals surface area contributed by atoms with E-state index in [0.717, 1.165) is 24.3 Å². The van der Waals surface area contributed by atoms with Gasteiger partial charge in [-0.1, -0.05) is 24.9 Å². The summed E-state index contributed by atoms with van der Waals surface area (Å²) < 4.78 is 12.0. The van der Waals surface area contributed by atoms with Crippen molar-refractivity contribution in [1.82, 2.24) is 0 Å². The summed E-state index contributed by atoms with van der Waals surface area (Å²) in [6.07, 6.45) is 4.45. The van der Waals surface area contributed by atoms with Crippen LogP contribution in [-0.4, -0.2) is 41.9 Å². The summed E-state index contributed by atoms with van der Waals surface area (Å²) >= 11 is 7.87. The first-order valence-corrected chi connectivity index (χ1v) is 12.7. The van der Waals surface area contributed by atoms with Crippen LogP contribution in [0.15, 0.2) is 24.3 Å². The van der Waals surface area contributed by atoms with Gasteiger partial charge in [0.2, 0.25) is 0 Å². The topological polar surface area (TPSA) is 52.6 Å². The first-order valence-electron chi connectivity index (χ1n) is 11.1. The van der Waals surface area contributed by atoms with E-state index < -0.39 is 5.92 Å². The lowest BCUT2D eigenvalue weighted by Crippen LogP contribution is -2.45. The molecule has 1 saturated heterocycles. The van der Waals surface area contributed by atoms with Crippen molar-refractivity contribution in [2.45, 2.75) is 64.6 Å². The number of hydrogen-bond acceptors (Lipinski definition) is 5. The molecule has 3 rings (SSSR count). The van der Waals surface area contributed by atoms with Crippen LogP contribution >= 0.6 is 23.4 Å². The van der Waals surface area contributed by atoms with Crippen LogP contribution < -0.4 is 4.74 Å². The summed E-state index contributed by atoms with van der Waals surface area (Å²) in [7, 11) is 0. The van der Waals surface area contributed by atoms with Gasteiger partial charge in [0.05, 0.1) is 12.7 Å². The van der Waals surface area contributed by atoms with Crippen molar-refractivity contribution in [1.29, 1.82) is 0 Å². The fourth-order valence-electron chi connectivity index (χ4n) is 4.58. The van der Waals surface area contributed by atoms with E-state index in [1.54, 1.807) is 12.1 Å². The minimum atomic E-state index is -0.611. The van der Waals surface area contributed by atoms with E-state index in [4.69, 9.17) is 21.1 Å². The molecule has 0 radical (unpaired) electrons. The van der Waals surface area contributed by atoms with E-state index in [1.807, 2.05) is 30.8 Å². The molecule has 3 atom stereocenters. The summed E-state index contributed by atoms with van der Waals surface area (Å²) in [6, 6.07) is 7.20. The molecule has 0 N–H and O–H groups in total. The first kappa shape index (κ1) is 23.6. The monoisotopic (exact) mass is 452 g/mol. The maximum Gasteiger partial charge on any atom is 0.146 e. The van der Waals surface area contributed by atoms with Gasteiger partial charge in [0.25, 0.3) is 0 Å². The van der Waals surface area contributed by atoms with Crippen molar-refractivity contribution in [3.63, 3.8) is 0 Å². The second-order valence-electron chi connectivity index (χ2n) is 8.60. The Morgan fingerprint density at radius 2 is 1.83 bits per heavy atom. The van der Waals surface area contributed by atoms with E-state index in [-0.39, 0.29) is 29.7 Å². The van der Waals surface area contributed by atoms with Crippen molar-refractivity contribution < 1.29 is 19.1 Å². The summed E-state index contributed by atoms with van der Waals surface area (Å²) in [5.41, 5.74) is 0. The van der Waals surface area contributed by atoms with Crippen LogP contribution in [0.4, 0.5) is 0 Å². The molecule has 3 unspecified atom stereocenters. The minimum Gasteiger partial charge on any atom is -0.488 e. The average molecular weight is 453 g/mol. The van der Waals surface area contributed by atoms with E-state index in [0.29, 0.717) is 36.8 Å². The second-order valence-corrected chi connectivity index (χ2v) is 10.2. The highest BCUT2D eigenvalue weighted by Gasteiger charge is 2.43. The number of Topliss-reactive ketones (excluding diaryl/α,β-unsaturated/α-hetero) is 2. The minimum absolute atomic E-state index is 0.0801. The summed E-state index contributed by atoms with van der Waals surface area (Å²) in [5, 5.41) is 0.661. The molecular weight excluding hydrogens is 420 g/mol. The lowest BCUT2D eigenvalue weighted by molar-refractivity contribution is -0.146. The van der Waals surface area contributed by atoms with Crippen LogP contribution in [0.5, 0.6) is 5.75 Å². The van der Waals surface area contributed by atoms with Crippen molar-refractivity contribution in [3.8, 4) is 5.75 Å². The number of benzene rings is 1. The number of ether oxygens (including phenoxy) is 2. The van der Waals surface area contributed by atoms with Crippen molar-refractivity contribution in [2.75, 3.05) is 18.1 Å². The van der Waals surface area contributed by atoms with Crippen molar-refractivity contribution in [2.24, 2.45) is 17.8 Å². The number of rotatable bonds is 9. The van der Waals surface area contributed by atoms with Gasteiger partial charge < -0.3 is 9.47 Å². The Bertz CT molecular complexity index is 684. The van der Waals surface area contributed by atoms with Crippen LogP contribution in [0, 0.1) is 17.8 Å². The zero-order chi connectivity index (χ0) is 21.5. The van der Waals surface area contributed by atoms with Gasteiger partial charge in [0.1, 0.15) is 29.3 Å². The van der Waals surface area contributed by atoms with Gasteiger partial charge in [-0.25, -0.2) is 0 Å². The van der Waals surface area contributed by atoms with E-state index in [2.05, 4.69) is 6.92 Å². The number of carbonyl (C=O) groups is 2. The standard InChI is InChI=1S/C24H33ClO4S/c1-3-5-23(28-14-16(2)29-20-9-7-19(25)8-10-20)24-21(26)12-18(13-22(24)27)17-6-4-11-30-15-17/h7-10,16-18,23-24H,3-6,11-15H2,1-2H3. The van der Waals surface area contributed by atoms with Gasteiger partial charge in [0.15, 0.2) is 0 Å². The predicted molar refractivity (Wildman–Crippen MR) is 122 cm³/mol. The molecule has 0 amide bonds. The van der Waals surface area contributed by atoms with Gasteiger partial charge in [-0.3, -0.25) is 9.59 Å². The fraction of sp³-hybridized carbons (Fsp3) is 0.667. The highest BCUT2D eigenvalue weighted by Crippen LogP contribution is 2.38. The summed E-state index contributed by atoms with van der Waals surface area (Å²) in [6.45, 7) is 4.33. The Labute approximate surface area is 189 Å². The molecule has 30 heavy (non-hydrogen) atoms. The van der Waals surface area contributed by atoms with Crippen LogP contribution in [0.1, 0.15) is 52.4 Å². The van der Waals surface area contributed by atoms with Crippen LogP contribution in [-0.2, 0) is 14.3 Å². The molecule has 2 aliphatic rings. The molecule has 1 heterocycles. The molecule has 4 nitrogen and oxygen atoms in total. The highest BCUT2D eigenvalue weighted by molar-refractivity contribution is 7.99. The number of ketones is 2. The molecule has 166 valence electrons. The van der Waals surface area contributed by atoms with Crippen LogP contribution in [0.25, 0.3) is 0 Å². The molecule has 1 aliphatic carbocycles. The lowest BCUT2D eigenvalue weighted by Gasteiger charge is -2.36. The number of halogens is 1. The Morgan fingerprint density at radius 3 is 2.43 bits per heavy atom. The number of hydrogen-bond donors (Lipinski definition) is 0. The fourth-order valence-corrected chi connectivity index (χ4v) is 5.98. The third-order valence-corrected chi connectivity index (χ3v) is 7.62. The molecule has 0 aromatic heterocycles. The maximum atomic E-state index is 13.0. The largest absolute Gasteiger partial charge is 0.488 e. The Morgan fingerprint density at radius 1 is 1.13 bits per heavy atom. The molecule has 0 spiro atoms. The van der Waals surface area contributed by atoms with E-state index in [1.165, 1.54) is 12.2 Å². The molecule has 1 aliphatic heterocycles. The molecule has 1 aromatic rings. The normalized spacial score (nSPS) is 27.0. The zero-order valence-corrected chi connectivity index (χ0v) is 19.6. The third-order valence-electron chi connectivity index (χ3n) is 6.12. The molecule has 2 fully saturated rings. The Balaban J connectivity index is 1.56. The molecule has 1 aromatic carbocycles. The molecule has 6 heteroatoms. The van der Waals surface area contributed by atoms with Crippen molar-refractivity contribution in [3.05, 3.63) is 29.3 Å². The Hall–Kier alpha value is -1.04. The van der Waals surface area contributed by atoms with Crippen molar-refractivity contribution >= 4 is 34.9 Å². The van der Waals surface area contributed by atoms with Gasteiger partial charge in [-0.05, 0) is 73.8 Å². The quantitative estimate of drug-likeness (QED) is 0.456. The van der Waals surface area contributed by atoms with Gasteiger partial charge >= 0.3 is 0 Å². The van der Waals surface area contributed by atoms with Gasteiger partial charge in [-0.2, -0.15) is 11.8 Å². The van der Waals surface area contributed by atoms with Crippen LogP contribution in [0.3, 0.4) is 0 Å². The maximum absolute atomic E-state index is 13.0. The smallest absolute Gasteiger partial charge is 0.146 e. The average Bonchev–Trinajstić information content (AvgIpc) is 2.73. The predicted octanol–water partition coefficient (Wildman–Crippen LogP) is 5.60. The van der Waals surface area contributed by atoms with Gasteiger partial charge in [0, 0.05) is 17.9 Å². The molecular formula is C24H33ClO4S. The zero-order valence-electron chi connectivity index (χ0n) is 18.0. The van der Waals surface area contributed by atoms with Crippen LogP contribution in [0.2, 0.25) is 5.02 Å². The Kier molecular flexibility index (Phi) is 9.09. The molecule has 0 bridgehead atoms. The number of carbonyl (C=O) groups excluding carboxylic acids is 2. The summed E-state index contributed by atoms with van der Waals surface area (Å²) in [5.74, 6) is 3.30. The summed E-state index contributed by atoms with van der Waals surface area (Å²) in [4.78, 5) is 26.0. The lowest BCUT2D eigenvalue weighted by atomic mass is 9.71. The third kappa shape index (κ3) is 6.48. The second kappa shape index (κ2) is 11.5. The highest BCUT2D eigenvalue weighted by atomic mass is 35.5. The SMILES string of the molecule is CCCC(OCC(C)Oc1ccc(Cl)cc1)C1C(=O)CC(C2CCCSC2)CC1=O. The van der Waals surface area contributed by atoms with Gasteiger partial charge in [-0.15, -0.1) is 0 Å². The molecule has 1 saturated carbocycles. The number of thioether (sulfide) groups is 1.